The molecule has 26 N–H and O–H groups in total. The molecule has 0 saturated heterocycles. The molecule has 0 spiro atoms. The van der Waals surface area contributed by atoms with E-state index in [2.05, 4.69) is 82.8 Å². The first-order valence-electron chi connectivity index (χ1n) is 33.7. The largest absolute Gasteiger partial charge is 0.481 e. The highest BCUT2D eigenvalue weighted by atomic mass is 16.4. The van der Waals surface area contributed by atoms with Crippen molar-refractivity contribution in [1.29, 1.82) is 0 Å². The topological polar surface area (TPSA) is 564 Å². The monoisotopic (exact) mass is 1340 g/mol. The average Bonchev–Trinajstić information content (AvgIpc) is 1.66. The van der Waals surface area contributed by atoms with Crippen molar-refractivity contribution in [2.75, 3.05) is 0 Å². The molecular formula is C64H120N16O14. The van der Waals surface area contributed by atoms with Crippen LogP contribution in [0.15, 0.2) is 20.0 Å². The second-order valence-electron chi connectivity index (χ2n) is 26.1. The zero-order valence-corrected chi connectivity index (χ0v) is 57.8. The maximum absolute atomic E-state index is 11.8. The van der Waals surface area contributed by atoms with E-state index in [1.807, 2.05) is 13.8 Å². The normalized spacial score (nSPS) is 26.4. The number of guanidine groups is 4. The summed E-state index contributed by atoms with van der Waals surface area (Å²) in [5.74, 6) is -8.01. The molecule has 30 nitrogen and oxygen atoms in total. The Labute approximate surface area is 555 Å². The summed E-state index contributed by atoms with van der Waals surface area (Å²) < 4.78 is 0. The molecule has 0 heterocycles. The summed E-state index contributed by atoms with van der Waals surface area (Å²) in [6, 6.07) is -2.54. The Morgan fingerprint density at radius 3 is 0.851 bits per heavy atom. The zero-order chi connectivity index (χ0) is 72.0. The number of aliphatic carboxylic acids is 4. The van der Waals surface area contributed by atoms with Crippen LogP contribution in [0.1, 0.15) is 199 Å². The Balaban J connectivity index is 0.000000627. The lowest BCUT2D eigenvalue weighted by molar-refractivity contribution is -0.146. The molecule has 0 aromatic heterocycles. The van der Waals surface area contributed by atoms with E-state index < -0.39 is 83.7 Å². The van der Waals surface area contributed by atoms with E-state index in [0.29, 0.717) is 31.6 Å². The van der Waals surface area contributed by atoms with Crippen LogP contribution in [-0.2, 0) is 38.4 Å². The quantitative estimate of drug-likeness (QED) is 0.0339. The molecular weight excluding hydrogens is 1220 g/mol. The number of amides is 4. The third-order valence-corrected chi connectivity index (χ3v) is 19.2. The van der Waals surface area contributed by atoms with Gasteiger partial charge in [-0.3, -0.25) is 38.4 Å². The number of carbonyl (C=O) groups excluding carboxylic acids is 4. The lowest BCUT2D eigenvalue weighted by Crippen LogP contribution is -2.51. The number of rotatable bonds is 32. The summed E-state index contributed by atoms with van der Waals surface area (Å²) in [7, 11) is 0. The van der Waals surface area contributed by atoms with E-state index >= 15 is 0 Å². The lowest BCUT2D eigenvalue weighted by atomic mass is 9.79. The Kier molecular flexibility index (Phi) is 38.1. The molecule has 0 radical (unpaired) electrons. The van der Waals surface area contributed by atoms with Gasteiger partial charge in [-0.05, 0) is 87.9 Å². The first-order valence-corrected chi connectivity index (χ1v) is 33.7. The van der Waals surface area contributed by atoms with Crippen molar-refractivity contribution in [3.63, 3.8) is 0 Å². The maximum Gasteiger partial charge on any atom is 0.309 e. The fourth-order valence-corrected chi connectivity index (χ4v) is 15.3. The molecule has 0 aromatic carbocycles. The van der Waals surface area contributed by atoms with Gasteiger partial charge in [0.15, 0.2) is 23.8 Å². The number of aliphatic imine (C=N–C) groups is 4. The van der Waals surface area contributed by atoms with E-state index in [4.69, 9.17) is 45.9 Å². The second-order valence-corrected chi connectivity index (χ2v) is 26.1. The van der Waals surface area contributed by atoms with E-state index in [1.54, 1.807) is 0 Å². The van der Waals surface area contributed by atoms with Crippen molar-refractivity contribution in [1.82, 2.24) is 21.3 Å². The van der Waals surface area contributed by atoms with Gasteiger partial charge in [-0.25, -0.2) is 20.0 Å². The van der Waals surface area contributed by atoms with Gasteiger partial charge in [0.1, 0.15) is 0 Å². The first kappa shape index (κ1) is 84.8. The number of hydrogen-bond donors (Lipinski definition) is 18. The van der Waals surface area contributed by atoms with Crippen molar-refractivity contribution < 1.29 is 69.0 Å². The fourth-order valence-electron chi connectivity index (χ4n) is 15.3. The van der Waals surface area contributed by atoms with Crippen LogP contribution >= 0.6 is 0 Å². The molecule has 4 aliphatic carbocycles. The molecule has 4 aliphatic rings. The molecule has 4 fully saturated rings. The van der Waals surface area contributed by atoms with Gasteiger partial charge in [-0.1, -0.05) is 107 Å². The molecule has 0 aromatic rings. The summed E-state index contributed by atoms with van der Waals surface area (Å²) >= 11 is 0. The number of hydrogen-bond acceptors (Lipinski definition) is 14. The van der Waals surface area contributed by atoms with Crippen molar-refractivity contribution >= 4 is 71.3 Å². The minimum Gasteiger partial charge on any atom is -0.481 e. The highest BCUT2D eigenvalue weighted by Crippen LogP contribution is 2.44. The number of carboxylic acids is 4. The van der Waals surface area contributed by atoms with Gasteiger partial charge in [0.25, 0.3) is 0 Å². The number of nitrogens with zero attached hydrogens (tertiary/aromatic N) is 4. The van der Waals surface area contributed by atoms with Gasteiger partial charge >= 0.3 is 23.9 Å². The minimum atomic E-state index is -1.11. The molecule has 30 heteroatoms. The zero-order valence-electron chi connectivity index (χ0n) is 57.8. The third kappa shape index (κ3) is 26.9. The fraction of sp³-hybridized carbons (Fsp3) is 0.812. The van der Waals surface area contributed by atoms with Crippen LogP contribution in [0.5, 0.6) is 0 Å². The number of nitrogens with two attached hydrogens (primary N) is 8. The molecule has 4 amide bonds. The molecule has 18 atom stereocenters. The number of aliphatic hydroxyl groups excluding tert-OH is 2. The highest BCUT2D eigenvalue weighted by Gasteiger charge is 2.53. The Hall–Kier alpha value is -7.24. The predicted octanol–water partition coefficient (Wildman–Crippen LogP) is 2.22. The molecule has 94 heavy (non-hydrogen) atoms. The second kappa shape index (κ2) is 42.2. The average molecular weight is 1340 g/mol. The Bertz CT molecular complexity index is 2510. The van der Waals surface area contributed by atoms with Gasteiger partial charge in [0.05, 0.1) is 60.0 Å². The van der Waals surface area contributed by atoms with Crippen LogP contribution < -0.4 is 67.1 Å². The lowest BCUT2D eigenvalue weighted by Gasteiger charge is -2.36. The smallest absolute Gasteiger partial charge is 0.309 e. The molecule has 4 rings (SSSR count). The molecule has 540 valence electrons. The molecule has 0 aliphatic heterocycles. The van der Waals surface area contributed by atoms with Crippen molar-refractivity contribution in [2.45, 2.75) is 259 Å². The number of nitrogens with one attached hydrogen (secondary N) is 4. The van der Waals surface area contributed by atoms with E-state index in [9.17, 15) is 69.0 Å². The molecule has 4 saturated carbocycles. The van der Waals surface area contributed by atoms with E-state index in [0.717, 1.165) is 77.0 Å². The number of aliphatic hydroxyl groups is 2. The van der Waals surface area contributed by atoms with Gasteiger partial charge in [0, 0.05) is 75.5 Å². The Morgan fingerprint density at radius 1 is 0.362 bits per heavy atom. The van der Waals surface area contributed by atoms with Crippen LogP contribution in [0.3, 0.4) is 0 Å². The van der Waals surface area contributed by atoms with Crippen LogP contribution in [0.2, 0.25) is 0 Å². The van der Waals surface area contributed by atoms with Gasteiger partial charge in [-0.15, -0.1) is 0 Å². The predicted molar refractivity (Wildman–Crippen MR) is 362 cm³/mol. The van der Waals surface area contributed by atoms with E-state index in [1.165, 1.54) is 27.7 Å². The third-order valence-electron chi connectivity index (χ3n) is 19.2. The van der Waals surface area contributed by atoms with Crippen LogP contribution in [0.4, 0.5) is 0 Å². The van der Waals surface area contributed by atoms with Crippen molar-refractivity contribution in [3.8, 4) is 0 Å². The first-order chi connectivity index (χ1) is 44.0. The van der Waals surface area contributed by atoms with Crippen LogP contribution in [-0.4, -0.2) is 163 Å². The SMILES string of the molecule is CCC(CC)C(NC(C)=O)[C@@H]1C[C@@H](C(=O)O)C[C@H]1N=C(N)N.CCC(CC)C(NC(C)=O)[C@@H]1[C@H](O)[C@@H](C(=O)O)C[C@H]1N=C(N)N.CCCC(CCC)C(NC(C)=O)[C@@H]1C[C@@H](C(=O)O)C[C@H]1N=C(N)N.CCCC(CCC)C(NC(C)=O)[C@@H]1[C@H](O)[C@@H](C(=O)O)C[C@H]1N=C(N)N. The summed E-state index contributed by atoms with van der Waals surface area (Å²) in [6.07, 6.45) is 10.9. The number of carboxylic acid groups (broad SMARTS) is 4. The standard InChI is InChI=1S/C17H32N4O4.C17H32N4O3.C15H28N4O4.C15H28N4O3/c1-4-6-10(7-5-2)14(20-9(3)22)13-12(21-17(18)19)8-11(15(13)23)16(24)25;1-4-6-11(7-5-2)15(20-10(3)22)13-8-12(16(23)24)9-14(13)21-17(18)19;1-4-8(5-2)12(18-7(3)20)11-10(19-15(16)17)6-9(13(11)21)14(22)23;1-4-9(5-2)13(18-8(3)20)11-6-10(14(21)22)7-12(11)19-15(16)17/h10-15,23H,4-8H2,1-3H3,(H,20,22)(H,24,25)(H4,18,19,21);11-15H,4-9H2,1-3H3,(H,20,22)(H,23,24)(H4,18,19,21);8-13,21H,4-6H2,1-3H3,(H,18,20)(H,22,23)(H4,16,17,19);9-13H,4-7H2,1-3H3,(H,18,20)(H,21,22)(H4,16,17,19)/t11-,12+,13+,14?,15+;12-,13-,14-,15?;9-,10+,11+,12?,13+;10-,11-,12-,13?/m0101/s1. The van der Waals surface area contributed by atoms with E-state index in [-0.39, 0.29) is 126 Å². The van der Waals surface area contributed by atoms with Gasteiger partial charge in [0.2, 0.25) is 23.6 Å². The Morgan fingerprint density at radius 2 is 0.606 bits per heavy atom. The van der Waals surface area contributed by atoms with Crippen LogP contribution in [0.25, 0.3) is 0 Å². The van der Waals surface area contributed by atoms with Gasteiger partial charge in [-0.2, -0.15) is 0 Å². The highest BCUT2D eigenvalue weighted by molar-refractivity contribution is 5.79. The van der Waals surface area contributed by atoms with Crippen molar-refractivity contribution in [2.24, 2.45) is 137 Å². The minimum absolute atomic E-state index is 0.0276. The maximum atomic E-state index is 11.8. The van der Waals surface area contributed by atoms with Gasteiger partial charge < -0.3 is 97.8 Å². The summed E-state index contributed by atoms with van der Waals surface area (Å²) in [5, 5.41) is 70.5. The van der Waals surface area contributed by atoms with Crippen LogP contribution in [0, 0.1) is 71.0 Å². The summed E-state index contributed by atoms with van der Waals surface area (Å²) in [6.45, 7) is 22.3. The summed E-state index contributed by atoms with van der Waals surface area (Å²) in [4.78, 5) is 109. The number of carbonyl (C=O) groups is 8. The molecule has 4 unspecified atom stereocenters. The molecule has 0 bridgehead atoms. The summed E-state index contributed by atoms with van der Waals surface area (Å²) in [5.41, 5.74) is 44.0. The van der Waals surface area contributed by atoms with Crippen molar-refractivity contribution in [3.05, 3.63) is 0 Å².